The van der Waals surface area contributed by atoms with E-state index in [0.29, 0.717) is 6.04 Å². The first-order valence-corrected chi connectivity index (χ1v) is 6.99. The molecular weight excluding hydrogens is 228 g/mol. The molecule has 1 aliphatic heterocycles. The van der Waals surface area contributed by atoms with E-state index in [0.717, 1.165) is 45.6 Å². The van der Waals surface area contributed by atoms with Gasteiger partial charge in [0.15, 0.2) is 0 Å². The minimum absolute atomic E-state index is 0.181. The summed E-state index contributed by atoms with van der Waals surface area (Å²) in [6, 6.07) is 0.411. The molecule has 5 nitrogen and oxygen atoms in total. The van der Waals surface area contributed by atoms with Gasteiger partial charge in [-0.1, -0.05) is 6.92 Å². The van der Waals surface area contributed by atoms with Gasteiger partial charge in [0, 0.05) is 32.2 Å². The lowest BCUT2D eigenvalue weighted by Gasteiger charge is -2.38. The second-order valence-electron chi connectivity index (χ2n) is 5.33. The van der Waals surface area contributed by atoms with E-state index in [4.69, 9.17) is 5.73 Å². The molecule has 0 bridgehead atoms. The topological polar surface area (TPSA) is 61.6 Å². The van der Waals surface area contributed by atoms with Crippen LogP contribution in [-0.4, -0.2) is 67.6 Å². The molecule has 1 saturated heterocycles. The Morgan fingerprint density at radius 1 is 1.50 bits per heavy atom. The van der Waals surface area contributed by atoms with Gasteiger partial charge in [-0.15, -0.1) is 0 Å². The lowest BCUT2D eigenvalue weighted by molar-refractivity contribution is -0.120. The molecule has 0 saturated carbocycles. The van der Waals surface area contributed by atoms with Gasteiger partial charge in [0.2, 0.25) is 5.91 Å². The van der Waals surface area contributed by atoms with Gasteiger partial charge in [-0.2, -0.15) is 0 Å². The van der Waals surface area contributed by atoms with Crippen molar-refractivity contribution in [3.63, 3.8) is 0 Å². The molecule has 0 aliphatic carbocycles. The first-order chi connectivity index (χ1) is 8.54. The molecule has 1 heterocycles. The third-order valence-electron chi connectivity index (χ3n) is 3.76. The zero-order valence-electron chi connectivity index (χ0n) is 12.0. The number of nitrogens with zero attached hydrogens (tertiary/aromatic N) is 2. The van der Waals surface area contributed by atoms with Crippen LogP contribution in [0.15, 0.2) is 0 Å². The van der Waals surface area contributed by atoms with E-state index in [1.54, 1.807) is 0 Å². The van der Waals surface area contributed by atoms with Gasteiger partial charge in [-0.25, -0.2) is 0 Å². The predicted octanol–water partition coefficient (Wildman–Crippen LogP) is -0.134. The summed E-state index contributed by atoms with van der Waals surface area (Å²) >= 11 is 0. The Labute approximate surface area is 111 Å². The third-order valence-corrected chi connectivity index (χ3v) is 3.76. The highest BCUT2D eigenvalue weighted by atomic mass is 16.1. The summed E-state index contributed by atoms with van der Waals surface area (Å²) < 4.78 is 0. The van der Waals surface area contributed by atoms with Crippen LogP contribution in [-0.2, 0) is 4.79 Å². The molecule has 0 spiro atoms. The van der Waals surface area contributed by atoms with Gasteiger partial charge in [-0.05, 0) is 33.4 Å². The van der Waals surface area contributed by atoms with Crippen molar-refractivity contribution < 1.29 is 4.79 Å². The maximum atomic E-state index is 11.3. The van der Waals surface area contributed by atoms with Gasteiger partial charge >= 0.3 is 0 Å². The summed E-state index contributed by atoms with van der Waals surface area (Å²) in [6.07, 6.45) is 1.83. The molecule has 0 aromatic rings. The number of hydrogen-bond acceptors (Lipinski definition) is 4. The average Bonchev–Trinajstić information content (AvgIpc) is 2.33. The van der Waals surface area contributed by atoms with Crippen molar-refractivity contribution in [1.82, 2.24) is 15.1 Å². The van der Waals surface area contributed by atoms with Crippen molar-refractivity contribution in [3.8, 4) is 0 Å². The molecule has 18 heavy (non-hydrogen) atoms. The fourth-order valence-corrected chi connectivity index (χ4v) is 2.30. The molecule has 2 unspecified atom stereocenters. The van der Waals surface area contributed by atoms with Crippen LogP contribution in [0.3, 0.4) is 0 Å². The van der Waals surface area contributed by atoms with Gasteiger partial charge in [0.25, 0.3) is 0 Å². The minimum Gasteiger partial charge on any atom is -0.368 e. The van der Waals surface area contributed by atoms with Gasteiger partial charge in [0.05, 0.1) is 6.04 Å². The molecule has 1 rings (SSSR count). The standard InChI is InChI=1S/C13H28N4O/c1-4-6-15-12(13(14)18)5-7-17-9-8-16(3)11(2)10-17/h11-12,15H,4-10H2,1-3H3,(H2,14,18). The Hall–Kier alpha value is -0.650. The summed E-state index contributed by atoms with van der Waals surface area (Å²) in [5, 5.41) is 3.22. The molecule has 0 aromatic heterocycles. The molecule has 3 N–H and O–H groups in total. The van der Waals surface area contributed by atoms with Crippen molar-refractivity contribution in [3.05, 3.63) is 0 Å². The molecule has 1 fully saturated rings. The predicted molar refractivity (Wildman–Crippen MR) is 74.4 cm³/mol. The number of hydrogen-bond donors (Lipinski definition) is 2. The second kappa shape index (κ2) is 7.71. The number of carbonyl (C=O) groups is 1. The molecule has 5 heteroatoms. The summed E-state index contributed by atoms with van der Waals surface area (Å²) in [5.41, 5.74) is 5.41. The zero-order chi connectivity index (χ0) is 13.5. The highest BCUT2D eigenvalue weighted by molar-refractivity contribution is 5.79. The van der Waals surface area contributed by atoms with Crippen molar-refractivity contribution in [2.24, 2.45) is 5.73 Å². The number of piperazine rings is 1. The Bertz CT molecular complexity index is 259. The molecule has 106 valence electrons. The summed E-state index contributed by atoms with van der Waals surface area (Å²) in [5.74, 6) is -0.231. The van der Waals surface area contributed by atoms with Crippen LogP contribution in [0.25, 0.3) is 0 Å². The van der Waals surface area contributed by atoms with Gasteiger partial charge in [0.1, 0.15) is 0 Å². The smallest absolute Gasteiger partial charge is 0.234 e. The number of likely N-dealkylation sites (N-methyl/N-ethyl adjacent to an activating group) is 1. The Balaban J connectivity index is 2.31. The number of carbonyl (C=O) groups excluding carboxylic acids is 1. The molecular formula is C13H28N4O. The molecule has 1 amide bonds. The lowest BCUT2D eigenvalue weighted by Crippen LogP contribution is -2.51. The van der Waals surface area contributed by atoms with E-state index in [9.17, 15) is 4.79 Å². The second-order valence-corrected chi connectivity index (χ2v) is 5.33. The highest BCUT2D eigenvalue weighted by Crippen LogP contribution is 2.08. The van der Waals surface area contributed by atoms with Crippen molar-refractivity contribution >= 4 is 5.91 Å². The fraction of sp³-hybridized carbons (Fsp3) is 0.923. The van der Waals surface area contributed by atoms with E-state index < -0.39 is 0 Å². The third kappa shape index (κ3) is 4.92. The first kappa shape index (κ1) is 15.4. The normalized spacial score (nSPS) is 24.1. The Morgan fingerprint density at radius 3 is 2.78 bits per heavy atom. The molecule has 0 aromatic carbocycles. The number of primary amides is 1. The largest absolute Gasteiger partial charge is 0.368 e. The van der Waals surface area contributed by atoms with Gasteiger partial charge < -0.3 is 20.9 Å². The maximum absolute atomic E-state index is 11.3. The van der Waals surface area contributed by atoms with Crippen LogP contribution >= 0.6 is 0 Å². The number of rotatable bonds is 7. The Morgan fingerprint density at radius 2 is 2.22 bits per heavy atom. The minimum atomic E-state index is -0.231. The summed E-state index contributed by atoms with van der Waals surface area (Å²) in [6.45, 7) is 9.40. The van der Waals surface area contributed by atoms with E-state index in [2.05, 4.69) is 36.0 Å². The number of nitrogens with two attached hydrogens (primary N) is 1. The van der Waals surface area contributed by atoms with Crippen LogP contribution in [0.4, 0.5) is 0 Å². The van der Waals surface area contributed by atoms with Crippen molar-refractivity contribution in [2.45, 2.75) is 38.8 Å². The van der Waals surface area contributed by atoms with E-state index in [1.165, 1.54) is 0 Å². The number of nitrogens with one attached hydrogen (secondary N) is 1. The molecule has 2 atom stereocenters. The number of amides is 1. The van der Waals surface area contributed by atoms with Crippen molar-refractivity contribution in [1.29, 1.82) is 0 Å². The molecule has 1 aliphatic rings. The first-order valence-electron chi connectivity index (χ1n) is 6.99. The average molecular weight is 256 g/mol. The SMILES string of the molecule is CCCNC(CCN1CCN(C)C(C)C1)C(N)=O. The summed E-state index contributed by atoms with van der Waals surface area (Å²) in [4.78, 5) is 16.1. The highest BCUT2D eigenvalue weighted by Gasteiger charge is 2.22. The zero-order valence-corrected chi connectivity index (χ0v) is 12.0. The Kier molecular flexibility index (Phi) is 6.60. The summed E-state index contributed by atoms with van der Waals surface area (Å²) in [7, 11) is 2.16. The van der Waals surface area contributed by atoms with Crippen LogP contribution in [0.2, 0.25) is 0 Å². The fourth-order valence-electron chi connectivity index (χ4n) is 2.30. The van der Waals surface area contributed by atoms with Crippen LogP contribution < -0.4 is 11.1 Å². The van der Waals surface area contributed by atoms with Crippen LogP contribution in [0.5, 0.6) is 0 Å². The lowest BCUT2D eigenvalue weighted by atomic mass is 10.1. The van der Waals surface area contributed by atoms with Crippen LogP contribution in [0, 0.1) is 0 Å². The molecule has 0 radical (unpaired) electrons. The van der Waals surface area contributed by atoms with E-state index >= 15 is 0 Å². The quantitative estimate of drug-likeness (QED) is 0.666. The maximum Gasteiger partial charge on any atom is 0.234 e. The van der Waals surface area contributed by atoms with Crippen LogP contribution in [0.1, 0.15) is 26.7 Å². The van der Waals surface area contributed by atoms with Crippen molar-refractivity contribution in [2.75, 3.05) is 39.8 Å². The van der Waals surface area contributed by atoms with E-state index in [-0.39, 0.29) is 11.9 Å². The monoisotopic (exact) mass is 256 g/mol. The van der Waals surface area contributed by atoms with Gasteiger partial charge in [-0.3, -0.25) is 4.79 Å². The van der Waals surface area contributed by atoms with E-state index in [1.807, 2.05) is 0 Å².